The van der Waals surface area contributed by atoms with E-state index in [0.29, 0.717) is 0 Å². The Hall–Kier alpha value is -0.300. The minimum atomic E-state index is 1.19. The van der Waals surface area contributed by atoms with Crippen molar-refractivity contribution in [3.63, 3.8) is 0 Å². The van der Waals surface area contributed by atoms with Crippen molar-refractivity contribution >= 4 is 0 Å². The van der Waals surface area contributed by atoms with Gasteiger partial charge in [0.25, 0.3) is 0 Å². The van der Waals surface area contributed by atoms with Gasteiger partial charge in [0.1, 0.15) is 0 Å². The van der Waals surface area contributed by atoms with E-state index in [1.54, 1.807) is 0 Å². The van der Waals surface area contributed by atoms with Crippen LogP contribution in [0.3, 0.4) is 0 Å². The summed E-state index contributed by atoms with van der Waals surface area (Å²) in [4.78, 5) is 2.59. The molecular formula is C19H37N. The van der Waals surface area contributed by atoms with Crippen LogP contribution >= 0.6 is 0 Å². The molecule has 1 rings (SSSR count). The van der Waals surface area contributed by atoms with Crippen molar-refractivity contribution in [1.82, 2.24) is 4.90 Å². The number of rotatable bonds is 13. The van der Waals surface area contributed by atoms with Crippen LogP contribution in [0.15, 0.2) is 12.2 Å². The van der Waals surface area contributed by atoms with E-state index in [0.717, 1.165) is 0 Å². The third kappa shape index (κ3) is 10.5. The van der Waals surface area contributed by atoms with Gasteiger partial charge in [0, 0.05) is 13.1 Å². The zero-order chi connectivity index (χ0) is 14.3. The number of hydrogen-bond donors (Lipinski definition) is 0. The van der Waals surface area contributed by atoms with E-state index < -0.39 is 0 Å². The van der Waals surface area contributed by atoms with Crippen LogP contribution in [-0.4, -0.2) is 24.5 Å². The lowest BCUT2D eigenvalue weighted by molar-refractivity contribution is 0.290. The maximum Gasteiger partial charge on any atom is 0.0163 e. The Bertz CT molecular complexity index is 222. The molecule has 1 nitrogen and oxygen atoms in total. The predicted molar refractivity (Wildman–Crippen MR) is 91.3 cm³/mol. The Kier molecular flexibility index (Phi) is 12.1. The van der Waals surface area contributed by atoms with Crippen LogP contribution in [-0.2, 0) is 0 Å². The van der Waals surface area contributed by atoms with E-state index in [2.05, 4.69) is 24.0 Å². The van der Waals surface area contributed by atoms with Crippen molar-refractivity contribution in [3.8, 4) is 0 Å². The molecule has 0 spiro atoms. The number of nitrogens with zero attached hydrogens (tertiary/aromatic N) is 1. The molecule has 0 unspecified atom stereocenters. The number of hydrogen-bond acceptors (Lipinski definition) is 1. The third-order valence-electron chi connectivity index (χ3n) is 4.47. The molecule has 0 bridgehead atoms. The molecule has 20 heavy (non-hydrogen) atoms. The monoisotopic (exact) mass is 279 g/mol. The molecule has 0 atom stereocenters. The Morgan fingerprint density at radius 2 is 1.25 bits per heavy atom. The summed E-state index contributed by atoms with van der Waals surface area (Å²) in [6.07, 6.45) is 23.3. The maximum absolute atomic E-state index is 2.59. The normalized spacial score (nSPS) is 15.8. The summed E-state index contributed by atoms with van der Waals surface area (Å²) in [5.74, 6) is 0. The van der Waals surface area contributed by atoms with Gasteiger partial charge in [0.05, 0.1) is 0 Å². The Morgan fingerprint density at radius 1 is 0.700 bits per heavy atom. The highest BCUT2D eigenvalue weighted by atomic mass is 15.1. The second-order valence-electron chi connectivity index (χ2n) is 6.45. The second kappa shape index (κ2) is 13.7. The Balaban J connectivity index is 1.71. The van der Waals surface area contributed by atoms with Gasteiger partial charge < -0.3 is 0 Å². The molecule has 0 radical (unpaired) electrons. The standard InChI is InChI=1S/C19H37N/c1-2-3-4-5-6-7-8-9-10-11-12-14-17-20-18-15-13-16-19-20/h13,15H,2-12,14,16-19H2,1H3. The lowest BCUT2D eigenvalue weighted by Gasteiger charge is -2.22. The van der Waals surface area contributed by atoms with Crippen LogP contribution in [0, 0.1) is 0 Å². The second-order valence-corrected chi connectivity index (χ2v) is 6.45. The molecule has 1 heteroatoms. The van der Waals surface area contributed by atoms with Gasteiger partial charge in [0.15, 0.2) is 0 Å². The largest absolute Gasteiger partial charge is 0.299 e. The van der Waals surface area contributed by atoms with E-state index in [1.165, 1.54) is 103 Å². The van der Waals surface area contributed by atoms with Crippen LogP contribution in [0.1, 0.15) is 90.4 Å². The minimum Gasteiger partial charge on any atom is -0.299 e. The fraction of sp³-hybridized carbons (Fsp3) is 0.895. The molecule has 0 saturated heterocycles. The van der Waals surface area contributed by atoms with Crippen molar-refractivity contribution in [2.75, 3.05) is 19.6 Å². The predicted octanol–water partition coefficient (Wildman–Crippen LogP) is 5.95. The van der Waals surface area contributed by atoms with Crippen molar-refractivity contribution in [2.24, 2.45) is 0 Å². The van der Waals surface area contributed by atoms with Crippen molar-refractivity contribution < 1.29 is 0 Å². The SMILES string of the molecule is CCCCCCCCCCCCCCN1CC=CCC1. The van der Waals surface area contributed by atoms with Gasteiger partial charge in [-0.2, -0.15) is 0 Å². The molecule has 118 valence electrons. The average molecular weight is 280 g/mol. The van der Waals surface area contributed by atoms with Gasteiger partial charge in [-0.1, -0.05) is 89.7 Å². The van der Waals surface area contributed by atoms with Gasteiger partial charge in [-0.3, -0.25) is 4.90 Å². The summed E-state index contributed by atoms with van der Waals surface area (Å²) in [6.45, 7) is 6.09. The van der Waals surface area contributed by atoms with Crippen molar-refractivity contribution in [1.29, 1.82) is 0 Å². The minimum absolute atomic E-state index is 1.19. The molecule has 0 aromatic carbocycles. The molecule has 1 aliphatic rings. The first-order valence-corrected chi connectivity index (χ1v) is 9.31. The summed E-state index contributed by atoms with van der Waals surface area (Å²) in [5.41, 5.74) is 0. The maximum atomic E-state index is 2.59. The van der Waals surface area contributed by atoms with E-state index in [-0.39, 0.29) is 0 Å². The van der Waals surface area contributed by atoms with Gasteiger partial charge in [0.2, 0.25) is 0 Å². The number of unbranched alkanes of at least 4 members (excludes halogenated alkanes) is 11. The van der Waals surface area contributed by atoms with Crippen LogP contribution in [0.4, 0.5) is 0 Å². The molecule has 0 aromatic heterocycles. The summed E-state index contributed by atoms with van der Waals surface area (Å²) in [6, 6.07) is 0. The zero-order valence-corrected chi connectivity index (χ0v) is 13.9. The van der Waals surface area contributed by atoms with Crippen LogP contribution in [0.2, 0.25) is 0 Å². The fourth-order valence-corrected chi connectivity index (χ4v) is 3.07. The van der Waals surface area contributed by atoms with E-state index in [9.17, 15) is 0 Å². The molecule has 0 aromatic rings. The summed E-state index contributed by atoms with van der Waals surface area (Å²) >= 11 is 0. The molecule has 1 aliphatic heterocycles. The first kappa shape index (κ1) is 17.8. The smallest absolute Gasteiger partial charge is 0.0163 e. The Labute approximate surface area is 127 Å². The average Bonchev–Trinajstić information content (AvgIpc) is 2.49. The van der Waals surface area contributed by atoms with Gasteiger partial charge >= 0.3 is 0 Å². The first-order chi connectivity index (χ1) is 9.93. The topological polar surface area (TPSA) is 3.24 Å². The summed E-state index contributed by atoms with van der Waals surface area (Å²) in [5, 5.41) is 0. The fourth-order valence-electron chi connectivity index (χ4n) is 3.07. The van der Waals surface area contributed by atoms with E-state index in [1.807, 2.05) is 0 Å². The van der Waals surface area contributed by atoms with Gasteiger partial charge in [-0.05, 0) is 19.4 Å². The van der Waals surface area contributed by atoms with E-state index in [4.69, 9.17) is 0 Å². The van der Waals surface area contributed by atoms with Gasteiger partial charge in [-0.25, -0.2) is 0 Å². The molecule has 0 aliphatic carbocycles. The van der Waals surface area contributed by atoms with Crippen molar-refractivity contribution in [2.45, 2.75) is 90.4 Å². The molecular weight excluding hydrogens is 242 g/mol. The third-order valence-corrected chi connectivity index (χ3v) is 4.47. The van der Waals surface area contributed by atoms with Crippen LogP contribution in [0.5, 0.6) is 0 Å². The summed E-state index contributed by atoms with van der Waals surface area (Å²) in [7, 11) is 0. The highest BCUT2D eigenvalue weighted by Crippen LogP contribution is 2.12. The molecule has 0 amide bonds. The zero-order valence-electron chi connectivity index (χ0n) is 13.9. The van der Waals surface area contributed by atoms with Crippen LogP contribution in [0.25, 0.3) is 0 Å². The highest BCUT2D eigenvalue weighted by molar-refractivity contribution is 4.90. The Morgan fingerprint density at radius 3 is 1.75 bits per heavy atom. The molecule has 1 heterocycles. The molecule has 0 N–H and O–H groups in total. The van der Waals surface area contributed by atoms with Gasteiger partial charge in [-0.15, -0.1) is 0 Å². The lowest BCUT2D eigenvalue weighted by atomic mass is 10.1. The molecule has 0 fully saturated rings. The highest BCUT2D eigenvalue weighted by Gasteiger charge is 2.04. The quantitative estimate of drug-likeness (QED) is 0.297. The van der Waals surface area contributed by atoms with E-state index >= 15 is 0 Å². The van der Waals surface area contributed by atoms with Crippen molar-refractivity contribution in [3.05, 3.63) is 12.2 Å². The summed E-state index contributed by atoms with van der Waals surface area (Å²) < 4.78 is 0. The molecule has 0 saturated carbocycles. The van der Waals surface area contributed by atoms with Crippen LogP contribution < -0.4 is 0 Å². The lowest BCUT2D eigenvalue weighted by Crippen LogP contribution is -2.28. The first-order valence-electron chi connectivity index (χ1n) is 9.31.